The van der Waals surface area contributed by atoms with Crippen LogP contribution in [0.15, 0.2) is 12.2 Å². The zero-order valence-electron chi connectivity index (χ0n) is 21.1. The average Bonchev–Trinajstić information content (AvgIpc) is 2.64. The Bertz CT molecular complexity index is 664. The van der Waals surface area contributed by atoms with Crippen LogP contribution >= 0.6 is 0 Å². The van der Waals surface area contributed by atoms with Crippen LogP contribution in [0.5, 0.6) is 0 Å². The molecule has 2 aliphatic heterocycles. The summed E-state index contributed by atoms with van der Waals surface area (Å²) in [6.45, 7) is 24.2. The Kier molecular flexibility index (Phi) is 8.37. The summed E-state index contributed by atoms with van der Waals surface area (Å²) in [6, 6.07) is 0. The van der Waals surface area contributed by atoms with Gasteiger partial charge in [0.2, 0.25) is 0 Å². The third-order valence-corrected chi connectivity index (χ3v) is 13.8. The van der Waals surface area contributed by atoms with Crippen molar-refractivity contribution >= 4 is 20.1 Å². The molecule has 2 aliphatic rings. The van der Waals surface area contributed by atoms with E-state index in [9.17, 15) is 9.59 Å². The molecule has 0 aromatic heterocycles. The van der Waals surface area contributed by atoms with Gasteiger partial charge in [-0.05, 0) is 42.3 Å². The molecule has 0 amide bonds. The van der Waals surface area contributed by atoms with Crippen molar-refractivity contribution in [3.63, 3.8) is 0 Å². The van der Waals surface area contributed by atoms with Gasteiger partial charge in [-0.25, -0.2) is 0 Å². The van der Waals surface area contributed by atoms with E-state index >= 15 is 0 Å². The number of carbonyl (C=O) groups excluding carboxylic acids is 2. The van der Waals surface area contributed by atoms with Gasteiger partial charge in [0.05, 0.1) is 6.10 Å². The van der Waals surface area contributed by atoms with E-state index in [-0.39, 0.29) is 29.7 Å². The van der Waals surface area contributed by atoms with Crippen LogP contribution < -0.4 is 0 Å². The van der Waals surface area contributed by atoms with E-state index in [2.05, 4.69) is 55.0 Å². The number of ketones is 1. The summed E-state index contributed by atoms with van der Waals surface area (Å²) in [6.07, 6.45) is 0.905. The van der Waals surface area contributed by atoms with Crippen molar-refractivity contribution in [2.75, 3.05) is 6.61 Å². The van der Waals surface area contributed by atoms with Crippen LogP contribution in [0.1, 0.15) is 81.6 Å². The Morgan fingerprint density at radius 3 is 2.19 bits per heavy atom. The van der Waals surface area contributed by atoms with Gasteiger partial charge in [0.25, 0.3) is 0 Å². The van der Waals surface area contributed by atoms with Crippen molar-refractivity contribution in [2.24, 2.45) is 11.8 Å². The number of Topliss-reactive ketones (excluding diaryl/α,β-unsaturated/α-hetero) is 1. The number of fused-ring (bicyclic) bond motifs is 2. The van der Waals surface area contributed by atoms with Crippen LogP contribution in [0.2, 0.25) is 16.6 Å². The van der Waals surface area contributed by atoms with E-state index in [4.69, 9.17) is 13.9 Å². The zero-order valence-corrected chi connectivity index (χ0v) is 22.1. The first-order valence-electron chi connectivity index (χ1n) is 12.0. The molecule has 2 heterocycles. The molecule has 2 bridgehead atoms. The molecule has 5 nitrogen and oxygen atoms in total. The fraction of sp³-hybridized carbons (Fsp3) is 0.840. The van der Waals surface area contributed by atoms with Crippen LogP contribution in [-0.4, -0.2) is 44.5 Å². The van der Waals surface area contributed by atoms with Crippen LogP contribution in [0.25, 0.3) is 0 Å². The van der Waals surface area contributed by atoms with Crippen LogP contribution in [0, 0.1) is 11.8 Å². The Hall–Kier alpha value is -0.983. The second-order valence-electron chi connectivity index (χ2n) is 10.9. The first kappa shape index (κ1) is 26.3. The van der Waals surface area contributed by atoms with Crippen LogP contribution in [-0.2, 0) is 23.5 Å². The molecule has 0 saturated carbocycles. The number of esters is 1. The molecule has 2 rings (SSSR count). The standard InChI is InChI=1S/C25H44O5Si/c1-15(2)31(16(3)4,17(5)6)28-14-18(7)19(8)21-13-25(10,30-20(9)26)23-12-11-22(27)24(21)29-23/h15-18,21,23-24H,8,11-14H2,1-7,9-10H3/t18-,21-,23+,24+,25-/m1/s1. The summed E-state index contributed by atoms with van der Waals surface area (Å²) in [5.74, 6) is -0.260. The SMILES string of the molecule is C=C([C@H](C)CO[Si](C(C)C)(C(C)C)C(C)C)[C@H]1C[C@@](C)(OC(C)=O)[C@@H]2CCC(=O)[C@H]1O2. The van der Waals surface area contributed by atoms with Gasteiger partial charge < -0.3 is 13.9 Å². The van der Waals surface area contributed by atoms with Crippen molar-refractivity contribution in [1.82, 2.24) is 0 Å². The lowest BCUT2D eigenvalue weighted by molar-refractivity contribution is -0.219. The maximum Gasteiger partial charge on any atom is 0.303 e. The molecule has 0 aliphatic carbocycles. The Morgan fingerprint density at radius 1 is 1.16 bits per heavy atom. The van der Waals surface area contributed by atoms with Crippen molar-refractivity contribution in [2.45, 2.75) is 116 Å². The minimum Gasteiger partial charge on any atom is -0.457 e. The van der Waals surface area contributed by atoms with Gasteiger partial charge in [0.1, 0.15) is 11.7 Å². The number of hydrogen-bond donors (Lipinski definition) is 0. The number of rotatable bonds is 9. The summed E-state index contributed by atoms with van der Waals surface area (Å²) in [5, 5.41) is 0. The molecule has 0 aromatic carbocycles. The number of hydrogen-bond acceptors (Lipinski definition) is 5. The minimum absolute atomic E-state index is 0.0876. The van der Waals surface area contributed by atoms with E-state index in [1.807, 2.05) is 6.92 Å². The molecule has 0 spiro atoms. The molecule has 0 N–H and O–H groups in total. The highest BCUT2D eigenvalue weighted by Gasteiger charge is 2.53. The molecule has 6 heteroatoms. The first-order chi connectivity index (χ1) is 14.3. The number of carbonyl (C=O) groups is 2. The molecule has 178 valence electrons. The van der Waals surface area contributed by atoms with Gasteiger partial charge in [0, 0.05) is 25.9 Å². The molecule has 2 saturated heterocycles. The second-order valence-corrected chi connectivity index (χ2v) is 16.3. The zero-order chi connectivity index (χ0) is 23.7. The van der Waals surface area contributed by atoms with Gasteiger partial charge in [-0.3, -0.25) is 9.59 Å². The van der Waals surface area contributed by atoms with Crippen molar-refractivity contribution in [1.29, 1.82) is 0 Å². The van der Waals surface area contributed by atoms with E-state index < -0.39 is 20.0 Å². The van der Waals surface area contributed by atoms with Crippen molar-refractivity contribution in [3.05, 3.63) is 12.2 Å². The topological polar surface area (TPSA) is 61.8 Å². The summed E-state index contributed by atoms with van der Waals surface area (Å²) in [5.41, 5.74) is 1.77. The molecule has 2 fully saturated rings. The average molecular weight is 453 g/mol. The normalized spacial score (nSPS) is 30.1. The highest BCUT2D eigenvalue weighted by molar-refractivity contribution is 6.77. The second kappa shape index (κ2) is 9.88. The Morgan fingerprint density at radius 2 is 1.71 bits per heavy atom. The van der Waals surface area contributed by atoms with Crippen molar-refractivity contribution in [3.8, 4) is 0 Å². The summed E-state index contributed by atoms with van der Waals surface area (Å²) >= 11 is 0. The fourth-order valence-electron chi connectivity index (χ4n) is 6.18. The molecule has 0 aromatic rings. The molecule has 31 heavy (non-hydrogen) atoms. The van der Waals surface area contributed by atoms with Crippen LogP contribution in [0.4, 0.5) is 0 Å². The minimum atomic E-state index is -1.98. The molecular weight excluding hydrogens is 408 g/mol. The van der Waals surface area contributed by atoms with Gasteiger partial charge >= 0.3 is 5.97 Å². The molecule has 0 unspecified atom stereocenters. The maximum atomic E-state index is 12.7. The smallest absolute Gasteiger partial charge is 0.303 e. The molecule has 0 radical (unpaired) electrons. The lowest BCUT2D eigenvalue weighted by Crippen LogP contribution is -2.59. The molecule has 5 atom stereocenters. The lowest BCUT2D eigenvalue weighted by Gasteiger charge is -2.50. The predicted molar refractivity (Wildman–Crippen MR) is 126 cm³/mol. The largest absolute Gasteiger partial charge is 0.457 e. The monoisotopic (exact) mass is 452 g/mol. The van der Waals surface area contributed by atoms with Gasteiger partial charge in [-0.1, -0.05) is 60.6 Å². The van der Waals surface area contributed by atoms with Gasteiger partial charge in [0.15, 0.2) is 14.1 Å². The van der Waals surface area contributed by atoms with E-state index in [0.717, 1.165) is 5.57 Å². The van der Waals surface area contributed by atoms with Crippen molar-refractivity contribution < 1.29 is 23.5 Å². The molecular formula is C25H44O5Si. The van der Waals surface area contributed by atoms with E-state index in [0.29, 0.717) is 42.5 Å². The third-order valence-electron chi connectivity index (χ3n) is 7.73. The fourth-order valence-corrected chi connectivity index (χ4v) is 11.7. The first-order valence-corrected chi connectivity index (χ1v) is 14.1. The van der Waals surface area contributed by atoms with Gasteiger partial charge in [-0.15, -0.1) is 0 Å². The highest BCUT2D eigenvalue weighted by atomic mass is 28.4. The quantitative estimate of drug-likeness (QED) is 0.250. The summed E-state index contributed by atoms with van der Waals surface area (Å²) < 4.78 is 18.7. The Labute approximate surface area is 190 Å². The van der Waals surface area contributed by atoms with E-state index in [1.54, 1.807) is 0 Å². The lowest BCUT2D eigenvalue weighted by atomic mass is 9.70. The third kappa shape index (κ3) is 5.17. The van der Waals surface area contributed by atoms with Gasteiger partial charge in [-0.2, -0.15) is 0 Å². The Balaban J connectivity index is 2.21. The maximum absolute atomic E-state index is 12.7. The summed E-state index contributed by atoms with van der Waals surface area (Å²) in [4.78, 5) is 24.4. The predicted octanol–water partition coefficient (Wildman–Crippen LogP) is 5.83. The highest BCUT2D eigenvalue weighted by Crippen LogP contribution is 2.46. The summed E-state index contributed by atoms with van der Waals surface area (Å²) in [7, 11) is -1.98. The van der Waals surface area contributed by atoms with Crippen LogP contribution in [0.3, 0.4) is 0 Å². The number of ether oxygens (including phenoxy) is 2. The van der Waals surface area contributed by atoms with E-state index in [1.165, 1.54) is 6.92 Å².